The first kappa shape index (κ1) is 19.9. The van der Waals surface area contributed by atoms with Crippen LogP contribution in [0.1, 0.15) is 18.9 Å². The SMILES string of the molecule is CC(O)[C@@H]1C(=O)N[C@@H]1CC(=O)C(=[N+]=[N-])C(=O)OCc1ccc([N+](=O)[O-])cc1. The van der Waals surface area contributed by atoms with E-state index >= 15 is 0 Å². The molecule has 27 heavy (non-hydrogen) atoms. The van der Waals surface area contributed by atoms with Crippen molar-refractivity contribution in [2.45, 2.75) is 32.1 Å². The number of nitrogens with zero attached hydrogens (tertiary/aromatic N) is 3. The van der Waals surface area contributed by atoms with Gasteiger partial charge in [-0.2, -0.15) is 4.79 Å². The molecule has 11 heteroatoms. The lowest BCUT2D eigenvalue weighted by atomic mass is 9.82. The number of carbonyl (C=O) groups excluding carboxylic acids is 3. The molecule has 11 nitrogen and oxygen atoms in total. The Kier molecular flexibility index (Phi) is 6.11. The summed E-state index contributed by atoms with van der Waals surface area (Å²) in [6, 6.07) is 4.53. The molecule has 1 fully saturated rings. The lowest BCUT2D eigenvalue weighted by Gasteiger charge is -2.37. The van der Waals surface area contributed by atoms with E-state index in [9.17, 15) is 29.6 Å². The molecule has 2 N–H and O–H groups in total. The van der Waals surface area contributed by atoms with Gasteiger partial charge in [0.2, 0.25) is 5.91 Å². The minimum Gasteiger partial charge on any atom is -0.452 e. The average molecular weight is 376 g/mol. The number of hydrogen-bond acceptors (Lipinski definition) is 7. The van der Waals surface area contributed by atoms with Crippen molar-refractivity contribution in [2.24, 2.45) is 5.92 Å². The standard InChI is InChI=1S/C16H16N4O7/c1-8(21)13-11(18-15(13)23)6-12(22)14(19-17)16(24)27-7-9-2-4-10(5-3-9)20(25)26/h2-5,8,11,13,21H,6-7H2,1H3,(H,18,23)/t8?,11-,13+/m1/s1. The summed E-state index contributed by atoms with van der Waals surface area (Å²) in [6.07, 6.45) is -1.31. The third kappa shape index (κ3) is 4.60. The second kappa shape index (κ2) is 8.30. The zero-order valence-corrected chi connectivity index (χ0v) is 14.2. The molecule has 0 bridgehead atoms. The topological polar surface area (TPSA) is 172 Å². The molecule has 0 saturated carbocycles. The summed E-state index contributed by atoms with van der Waals surface area (Å²) in [4.78, 5) is 48.1. The van der Waals surface area contributed by atoms with E-state index in [4.69, 9.17) is 10.3 Å². The fraction of sp³-hybridized carbons (Fsp3) is 0.375. The van der Waals surface area contributed by atoms with Gasteiger partial charge in [-0.15, -0.1) is 0 Å². The predicted molar refractivity (Wildman–Crippen MR) is 88.2 cm³/mol. The van der Waals surface area contributed by atoms with E-state index in [1.807, 2.05) is 0 Å². The van der Waals surface area contributed by atoms with E-state index in [2.05, 4.69) is 10.1 Å². The quantitative estimate of drug-likeness (QED) is 0.0920. The third-order valence-electron chi connectivity index (χ3n) is 4.06. The Labute approximate surface area is 152 Å². The van der Waals surface area contributed by atoms with Gasteiger partial charge in [-0.25, -0.2) is 4.79 Å². The van der Waals surface area contributed by atoms with Crippen LogP contribution >= 0.6 is 0 Å². The molecule has 0 radical (unpaired) electrons. The maximum absolute atomic E-state index is 12.1. The molecule has 142 valence electrons. The highest BCUT2D eigenvalue weighted by Crippen LogP contribution is 2.22. The van der Waals surface area contributed by atoms with Crippen LogP contribution in [0.15, 0.2) is 24.3 Å². The van der Waals surface area contributed by atoms with E-state index in [0.717, 1.165) is 0 Å². The van der Waals surface area contributed by atoms with Gasteiger partial charge in [0.1, 0.15) is 6.61 Å². The number of amides is 1. The second-order valence-electron chi connectivity index (χ2n) is 5.96. The van der Waals surface area contributed by atoms with Gasteiger partial charge in [0.05, 0.1) is 23.0 Å². The molecule has 3 atom stereocenters. The largest absolute Gasteiger partial charge is 0.452 e. The van der Waals surface area contributed by atoms with E-state index in [1.54, 1.807) is 0 Å². The number of carbonyl (C=O) groups is 3. The van der Waals surface area contributed by atoms with E-state index < -0.39 is 46.4 Å². The Morgan fingerprint density at radius 2 is 2.04 bits per heavy atom. The van der Waals surface area contributed by atoms with E-state index in [1.165, 1.54) is 31.2 Å². The number of β-lactam (4-membered cyclic amide) rings is 1. The number of non-ortho nitro benzene ring substituents is 1. The molecule has 0 spiro atoms. The minimum absolute atomic E-state index is 0.131. The summed E-state index contributed by atoms with van der Waals surface area (Å²) >= 11 is 0. The van der Waals surface area contributed by atoms with Gasteiger partial charge in [-0.1, -0.05) is 0 Å². The Balaban J connectivity index is 1.93. The zero-order chi connectivity index (χ0) is 20.1. The number of nitro benzene ring substituents is 1. The number of esters is 1. The summed E-state index contributed by atoms with van der Waals surface area (Å²) in [5.74, 6) is -3.24. The smallest absolute Gasteiger partial charge is 0.441 e. The first-order chi connectivity index (χ1) is 12.7. The van der Waals surface area contributed by atoms with Gasteiger partial charge in [-0.05, 0) is 24.6 Å². The third-order valence-corrected chi connectivity index (χ3v) is 4.06. The zero-order valence-electron chi connectivity index (χ0n) is 14.2. The van der Waals surface area contributed by atoms with Crippen molar-refractivity contribution in [3.8, 4) is 0 Å². The van der Waals surface area contributed by atoms with Crippen molar-refractivity contribution in [2.75, 3.05) is 0 Å². The highest BCUT2D eigenvalue weighted by Gasteiger charge is 2.45. The fourth-order valence-corrected chi connectivity index (χ4v) is 2.63. The Bertz CT molecular complexity index is 828. The molecule has 1 aliphatic rings. The van der Waals surface area contributed by atoms with E-state index in [0.29, 0.717) is 5.56 Å². The molecule has 1 saturated heterocycles. The van der Waals surface area contributed by atoms with Crippen LogP contribution in [0, 0.1) is 16.0 Å². The van der Waals surface area contributed by atoms with Gasteiger partial charge in [0.15, 0.2) is 0 Å². The minimum atomic E-state index is -1.18. The van der Waals surface area contributed by atoms with Crippen LogP contribution in [0.4, 0.5) is 5.69 Å². The van der Waals surface area contributed by atoms with Gasteiger partial charge in [-0.3, -0.25) is 19.7 Å². The normalized spacial score (nSPS) is 19.1. The number of Topliss-reactive ketones (excluding diaryl/α,β-unsaturated/α-hetero) is 1. The highest BCUT2D eigenvalue weighted by molar-refractivity contribution is 6.62. The molecule has 1 amide bonds. The molecular weight excluding hydrogens is 360 g/mol. The summed E-state index contributed by atoms with van der Waals surface area (Å²) in [5, 5.41) is 22.5. The number of ketones is 1. The van der Waals surface area contributed by atoms with Crippen molar-refractivity contribution in [3.63, 3.8) is 0 Å². The molecule has 0 aliphatic carbocycles. The van der Waals surface area contributed by atoms with Gasteiger partial charge in [0.25, 0.3) is 11.5 Å². The average Bonchev–Trinajstić information content (AvgIpc) is 2.59. The van der Waals surface area contributed by atoms with Crippen LogP contribution in [-0.4, -0.2) is 50.3 Å². The molecular formula is C16H16N4O7. The lowest BCUT2D eigenvalue weighted by molar-refractivity contribution is -0.384. The summed E-state index contributed by atoms with van der Waals surface area (Å²) in [6.45, 7) is 1.11. The van der Waals surface area contributed by atoms with Crippen LogP contribution in [0.25, 0.3) is 5.53 Å². The molecule has 1 aliphatic heterocycles. The maximum Gasteiger partial charge on any atom is 0.441 e. The molecule has 0 aromatic heterocycles. The molecule has 1 heterocycles. The maximum atomic E-state index is 12.1. The number of aliphatic hydroxyl groups excluding tert-OH is 1. The summed E-state index contributed by atoms with van der Waals surface area (Å²) in [5.41, 5.74) is 8.40. The number of ether oxygens (including phenoxy) is 1. The number of benzene rings is 1. The number of hydrogen-bond donors (Lipinski definition) is 2. The Morgan fingerprint density at radius 1 is 1.41 bits per heavy atom. The highest BCUT2D eigenvalue weighted by atomic mass is 16.6. The van der Waals surface area contributed by atoms with Crippen molar-refractivity contribution in [1.82, 2.24) is 5.32 Å². The van der Waals surface area contributed by atoms with Gasteiger partial charge in [0, 0.05) is 18.6 Å². The van der Waals surface area contributed by atoms with Crippen molar-refractivity contribution in [1.29, 1.82) is 0 Å². The fourth-order valence-electron chi connectivity index (χ4n) is 2.63. The summed E-state index contributed by atoms with van der Waals surface area (Å²) in [7, 11) is 0. The van der Waals surface area contributed by atoms with Gasteiger partial charge < -0.3 is 20.7 Å². The Morgan fingerprint density at radius 3 is 2.52 bits per heavy atom. The predicted octanol–water partition coefficient (Wildman–Crippen LogP) is -0.237. The van der Waals surface area contributed by atoms with Crippen LogP contribution in [0.5, 0.6) is 0 Å². The second-order valence-corrected chi connectivity index (χ2v) is 5.96. The van der Waals surface area contributed by atoms with Crippen molar-refractivity contribution < 1.29 is 33.9 Å². The van der Waals surface area contributed by atoms with Crippen molar-refractivity contribution >= 4 is 29.1 Å². The van der Waals surface area contributed by atoms with Gasteiger partial charge >= 0.3 is 11.7 Å². The molecule has 1 unspecified atom stereocenters. The van der Waals surface area contributed by atoms with Crippen LogP contribution in [-0.2, 0) is 25.7 Å². The number of aliphatic hydroxyl groups is 1. The number of nitro groups is 1. The van der Waals surface area contributed by atoms with Crippen LogP contribution in [0.3, 0.4) is 0 Å². The first-order valence-corrected chi connectivity index (χ1v) is 7.88. The Hall–Kier alpha value is -3.43. The molecule has 2 rings (SSSR count). The molecule has 1 aromatic carbocycles. The first-order valence-electron chi connectivity index (χ1n) is 7.88. The number of nitrogens with one attached hydrogen (secondary N) is 1. The van der Waals surface area contributed by atoms with E-state index in [-0.39, 0.29) is 18.7 Å². The summed E-state index contributed by atoms with van der Waals surface area (Å²) < 4.78 is 4.87. The lowest BCUT2D eigenvalue weighted by Crippen LogP contribution is -2.62. The van der Waals surface area contributed by atoms with Crippen molar-refractivity contribution in [3.05, 3.63) is 45.5 Å². The molecule has 1 aromatic rings. The van der Waals surface area contributed by atoms with Crippen LogP contribution < -0.4 is 5.32 Å². The monoisotopic (exact) mass is 376 g/mol. The number of rotatable bonds is 8. The van der Waals surface area contributed by atoms with Crippen LogP contribution in [0.2, 0.25) is 0 Å².